The lowest BCUT2D eigenvalue weighted by Gasteiger charge is -2.21. The number of ether oxygens (including phenoxy) is 2. The standard InChI is InChI=1S/C32H36N2O3/c1-23(19-31(35)36-2)26-14-16-28(17-15-26)37-22-25-13-18-29-30(20-25)34(21-24-9-5-3-6-10-24)33-32(29)27-11-7-4-8-12-27/h4,7-8,11-18,20,23-24H,3,5-6,9-10,19,21-22H2,1-2H3. The molecule has 5 heteroatoms. The molecule has 0 amide bonds. The van der Waals surface area contributed by atoms with Crippen molar-refractivity contribution in [3.05, 3.63) is 83.9 Å². The normalized spacial score (nSPS) is 15.0. The van der Waals surface area contributed by atoms with Crippen molar-refractivity contribution in [2.75, 3.05) is 7.11 Å². The van der Waals surface area contributed by atoms with Crippen molar-refractivity contribution >= 4 is 16.9 Å². The fraction of sp³-hybridized carbons (Fsp3) is 0.375. The minimum Gasteiger partial charge on any atom is -0.489 e. The predicted octanol–water partition coefficient (Wildman–Crippen LogP) is 7.53. The van der Waals surface area contributed by atoms with E-state index in [2.05, 4.69) is 47.1 Å². The molecule has 1 saturated carbocycles. The summed E-state index contributed by atoms with van der Waals surface area (Å²) in [7, 11) is 1.43. The van der Waals surface area contributed by atoms with Crippen LogP contribution in [-0.2, 0) is 22.7 Å². The molecular formula is C32H36N2O3. The fourth-order valence-corrected chi connectivity index (χ4v) is 5.38. The van der Waals surface area contributed by atoms with Crippen LogP contribution < -0.4 is 4.74 Å². The Morgan fingerprint density at radius 3 is 2.49 bits per heavy atom. The SMILES string of the molecule is COC(=O)CC(C)c1ccc(OCc2ccc3c(-c4ccccc4)nn(CC4CCCCC4)c3c2)cc1. The summed E-state index contributed by atoms with van der Waals surface area (Å²) in [5.41, 5.74) is 5.60. The molecule has 4 aromatic rings. The van der Waals surface area contributed by atoms with Crippen molar-refractivity contribution in [2.24, 2.45) is 5.92 Å². The molecule has 37 heavy (non-hydrogen) atoms. The van der Waals surface area contributed by atoms with Gasteiger partial charge in [0.25, 0.3) is 0 Å². The maximum absolute atomic E-state index is 11.6. The van der Waals surface area contributed by atoms with Crippen molar-refractivity contribution in [3.63, 3.8) is 0 Å². The summed E-state index contributed by atoms with van der Waals surface area (Å²) in [5.74, 6) is 1.42. The van der Waals surface area contributed by atoms with E-state index in [9.17, 15) is 4.79 Å². The lowest BCUT2D eigenvalue weighted by atomic mass is 9.89. The molecule has 1 atom stereocenters. The third kappa shape index (κ3) is 6.04. The van der Waals surface area contributed by atoms with Gasteiger partial charge in [-0.2, -0.15) is 5.10 Å². The van der Waals surface area contributed by atoms with Crippen molar-refractivity contribution in [2.45, 2.75) is 64.5 Å². The molecule has 0 N–H and O–H groups in total. The second-order valence-corrected chi connectivity index (χ2v) is 10.3. The average molecular weight is 497 g/mol. The Balaban J connectivity index is 1.34. The van der Waals surface area contributed by atoms with Gasteiger partial charge in [0.2, 0.25) is 0 Å². The summed E-state index contributed by atoms with van der Waals surface area (Å²) in [6.07, 6.45) is 6.97. The van der Waals surface area contributed by atoms with Gasteiger partial charge in [-0.25, -0.2) is 0 Å². The summed E-state index contributed by atoms with van der Waals surface area (Å²) in [6.45, 7) is 3.49. The van der Waals surface area contributed by atoms with Gasteiger partial charge in [-0.3, -0.25) is 9.48 Å². The van der Waals surface area contributed by atoms with E-state index < -0.39 is 0 Å². The second kappa shape index (κ2) is 11.6. The van der Waals surface area contributed by atoms with Crippen LogP contribution >= 0.6 is 0 Å². The smallest absolute Gasteiger partial charge is 0.306 e. The number of aromatic nitrogens is 2. The number of esters is 1. The summed E-state index contributed by atoms with van der Waals surface area (Å²) < 4.78 is 13.2. The van der Waals surface area contributed by atoms with Crippen LogP contribution in [0, 0.1) is 5.92 Å². The van der Waals surface area contributed by atoms with Crippen LogP contribution in [0.4, 0.5) is 0 Å². The maximum Gasteiger partial charge on any atom is 0.306 e. The second-order valence-electron chi connectivity index (χ2n) is 10.3. The number of fused-ring (bicyclic) bond motifs is 1. The Morgan fingerprint density at radius 2 is 1.76 bits per heavy atom. The number of carbonyl (C=O) groups is 1. The molecule has 1 aliphatic carbocycles. The van der Waals surface area contributed by atoms with Gasteiger partial charge in [0.05, 0.1) is 19.0 Å². The molecule has 192 valence electrons. The number of carbonyl (C=O) groups excluding carboxylic acids is 1. The first kappa shape index (κ1) is 25.1. The van der Waals surface area contributed by atoms with Crippen LogP contribution in [0.5, 0.6) is 5.75 Å². The number of benzene rings is 3. The monoisotopic (exact) mass is 496 g/mol. The molecule has 0 radical (unpaired) electrons. The van der Waals surface area contributed by atoms with Crippen LogP contribution in [0.25, 0.3) is 22.2 Å². The van der Waals surface area contributed by atoms with Crippen molar-refractivity contribution < 1.29 is 14.3 Å². The molecule has 3 aromatic carbocycles. The zero-order valence-electron chi connectivity index (χ0n) is 21.9. The highest BCUT2D eigenvalue weighted by atomic mass is 16.5. The van der Waals surface area contributed by atoms with E-state index in [1.165, 1.54) is 50.1 Å². The van der Waals surface area contributed by atoms with E-state index in [1.807, 2.05) is 37.3 Å². The van der Waals surface area contributed by atoms with Crippen molar-refractivity contribution in [3.8, 4) is 17.0 Å². The van der Waals surface area contributed by atoms with Gasteiger partial charge < -0.3 is 9.47 Å². The van der Waals surface area contributed by atoms with Gasteiger partial charge in [0, 0.05) is 17.5 Å². The molecule has 5 rings (SSSR count). The Morgan fingerprint density at radius 1 is 1.00 bits per heavy atom. The fourth-order valence-electron chi connectivity index (χ4n) is 5.38. The predicted molar refractivity (Wildman–Crippen MR) is 148 cm³/mol. The van der Waals surface area contributed by atoms with Crippen LogP contribution in [-0.4, -0.2) is 22.9 Å². The van der Waals surface area contributed by atoms with Crippen LogP contribution in [0.2, 0.25) is 0 Å². The molecule has 1 heterocycles. The lowest BCUT2D eigenvalue weighted by molar-refractivity contribution is -0.140. The number of methoxy groups -OCH3 is 1. The molecule has 0 bridgehead atoms. The molecule has 1 fully saturated rings. The van der Waals surface area contributed by atoms with Crippen molar-refractivity contribution in [1.82, 2.24) is 9.78 Å². The number of hydrogen-bond acceptors (Lipinski definition) is 4. The van der Waals surface area contributed by atoms with Gasteiger partial charge in [0.1, 0.15) is 18.1 Å². The topological polar surface area (TPSA) is 53.4 Å². The number of nitrogens with zero attached hydrogens (tertiary/aromatic N) is 2. The van der Waals surface area contributed by atoms with Gasteiger partial charge in [0.15, 0.2) is 0 Å². The van der Waals surface area contributed by atoms with Crippen molar-refractivity contribution in [1.29, 1.82) is 0 Å². The molecule has 1 aliphatic rings. The van der Waals surface area contributed by atoms with E-state index in [4.69, 9.17) is 14.6 Å². The zero-order valence-corrected chi connectivity index (χ0v) is 21.9. The molecular weight excluding hydrogens is 460 g/mol. The highest BCUT2D eigenvalue weighted by Gasteiger charge is 2.19. The van der Waals surface area contributed by atoms with Crippen LogP contribution in [0.3, 0.4) is 0 Å². The summed E-state index contributed by atoms with van der Waals surface area (Å²) in [6, 6.07) is 25.1. The van der Waals surface area contributed by atoms with E-state index in [0.717, 1.165) is 34.7 Å². The number of rotatable bonds is 9. The minimum atomic E-state index is -0.193. The Bertz CT molecular complexity index is 1320. The van der Waals surface area contributed by atoms with E-state index in [0.29, 0.717) is 18.9 Å². The highest BCUT2D eigenvalue weighted by molar-refractivity contribution is 5.93. The van der Waals surface area contributed by atoms with E-state index in [1.54, 1.807) is 0 Å². The Kier molecular flexibility index (Phi) is 7.88. The molecule has 5 nitrogen and oxygen atoms in total. The zero-order chi connectivity index (χ0) is 25.6. The number of hydrogen-bond donors (Lipinski definition) is 0. The molecule has 1 aromatic heterocycles. The quantitative estimate of drug-likeness (QED) is 0.225. The molecule has 0 aliphatic heterocycles. The van der Waals surface area contributed by atoms with Gasteiger partial charge >= 0.3 is 5.97 Å². The Labute approximate surface area is 219 Å². The van der Waals surface area contributed by atoms with Crippen LogP contribution in [0.15, 0.2) is 72.8 Å². The van der Waals surface area contributed by atoms with Gasteiger partial charge in [-0.05, 0) is 54.0 Å². The Hall–Kier alpha value is -3.60. The highest BCUT2D eigenvalue weighted by Crippen LogP contribution is 2.32. The van der Waals surface area contributed by atoms with Gasteiger partial charge in [-0.1, -0.05) is 80.8 Å². The maximum atomic E-state index is 11.6. The van der Waals surface area contributed by atoms with E-state index in [-0.39, 0.29) is 11.9 Å². The lowest BCUT2D eigenvalue weighted by Crippen LogP contribution is -2.15. The molecule has 0 spiro atoms. The first-order valence-electron chi connectivity index (χ1n) is 13.4. The molecule has 1 unspecified atom stereocenters. The first-order valence-corrected chi connectivity index (χ1v) is 13.4. The summed E-state index contributed by atoms with van der Waals surface area (Å²) in [4.78, 5) is 11.6. The van der Waals surface area contributed by atoms with Crippen LogP contribution in [0.1, 0.15) is 62.5 Å². The first-order chi connectivity index (χ1) is 18.1. The summed E-state index contributed by atoms with van der Waals surface area (Å²) >= 11 is 0. The van der Waals surface area contributed by atoms with Gasteiger partial charge in [-0.15, -0.1) is 0 Å². The third-order valence-corrected chi connectivity index (χ3v) is 7.57. The third-order valence-electron chi connectivity index (χ3n) is 7.57. The van der Waals surface area contributed by atoms with E-state index >= 15 is 0 Å². The minimum absolute atomic E-state index is 0.104. The average Bonchev–Trinajstić information content (AvgIpc) is 3.30. The molecule has 0 saturated heterocycles. The summed E-state index contributed by atoms with van der Waals surface area (Å²) in [5, 5.41) is 6.30. The largest absolute Gasteiger partial charge is 0.489 e.